The maximum Gasteiger partial charge on any atom is 0.0593 e. The molecule has 0 radical (unpaired) electrons. The van der Waals surface area contributed by atoms with Crippen molar-refractivity contribution < 1.29 is 9.84 Å². The number of ether oxygens (including phenoxy) is 1. The molecule has 1 saturated heterocycles. The van der Waals surface area contributed by atoms with Gasteiger partial charge in [0.25, 0.3) is 0 Å². The molecule has 0 unspecified atom stereocenters. The highest BCUT2D eigenvalue weighted by atomic mass is 16.5. The van der Waals surface area contributed by atoms with Crippen molar-refractivity contribution >= 4 is 0 Å². The van der Waals surface area contributed by atoms with Crippen LogP contribution in [0.5, 0.6) is 0 Å². The highest BCUT2D eigenvalue weighted by Crippen LogP contribution is 2.15. The first-order chi connectivity index (χ1) is 7.24. The summed E-state index contributed by atoms with van der Waals surface area (Å²) in [6.45, 7) is 8.50. The van der Waals surface area contributed by atoms with E-state index in [1.54, 1.807) is 0 Å². The molecular formula is C12H25NO2. The van der Waals surface area contributed by atoms with Crippen molar-refractivity contribution in [2.24, 2.45) is 5.92 Å². The molecular weight excluding hydrogens is 190 g/mol. The fraction of sp³-hybridized carbons (Fsp3) is 1.00. The minimum atomic E-state index is 0.298. The standard InChI is InChI=1S/C12H25NO2/c1-11(2)5-8-15-9-7-13-6-3-4-12(13)10-14/h11-12,14H,3-10H2,1-2H3/t12-/m0/s1. The first-order valence-corrected chi connectivity index (χ1v) is 6.16. The summed E-state index contributed by atoms with van der Waals surface area (Å²) in [6, 6.07) is 0.388. The summed E-state index contributed by atoms with van der Waals surface area (Å²) < 4.78 is 5.58. The molecule has 15 heavy (non-hydrogen) atoms. The molecule has 0 aromatic heterocycles. The summed E-state index contributed by atoms with van der Waals surface area (Å²) in [5.74, 6) is 0.724. The van der Waals surface area contributed by atoms with Crippen LogP contribution in [0.15, 0.2) is 0 Å². The van der Waals surface area contributed by atoms with E-state index in [1.165, 1.54) is 6.42 Å². The zero-order valence-electron chi connectivity index (χ0n) is 10.1. The third-order valence-corrected chi connectivity index (χ3v) is 3.07. The van der Waals surface area contributed by atoms with Gasteiger partial charge in [0.1, 0.15) is 0 Å². The molecule has 0 aromatic rings. The predicted molar refractivity (Wildman–Crippen MR) is 62.0 cm³/mol. The molecule has 1 aliphatic heterocycles. The lowest BCUT2D eigenvalue weighted by atomic mass is 10.1. The van der Waals surface area contributed by atoms with Gasteiger partial charge >= 0.3 is 0 Å². The van der Waals surface area contributed by atoms with Crippen molar-refractivity contribution in [2.45, 2.75) is 39.2 Å². The zero-order chi connectivity index (χ0) is 11.1. The molecule has 1 aliphatic rings. The number of hydrogen-bond acceptors (Lipinski definition) is 3. The van der Waals surface area contributed by atoms with Gasteiger partial charge in [-0.25, -0.2) is 0 Å². The molecule has 1 heterocycles. The van der Waals surface area contributed by atoms with Gasteiger partial charge in [-0.3, -0.25) is 4.90 Å². The molecule has 0 aromatic carbocycles. The van der Waals surface area contributed by atoms with Gasteiger partial charge in [0.15, 0.2) is 0 Å². The lowest BCUT2D eigenvalue weighted by Gasteiger charge is -2.22. The van der Waals surface area contributed by atoms with Gasteiger partial charge in [-0.1, -0.05) is 13.8 Å². The third kappa shape index (κ3) is 4.96. The van der Waals surface area contributed by atoms with Gasteiger partial charge in [0, 0.05) is 19.2 Å². The van der Waals surface area contributed by atoms with E-state index in [4.69, 9.17) is 9.84 Å². The lowest BCUT2D eigenvalue weighted by molar-refractivity contribution is 0.0800. The van der Waals surface area contributed by atoms with Crippen LogP contribution in [0.3, 0.4) is 0 Å². The molecule has 0 saturated carbocycles. The minimum absolute atomic E-state index is 0.298. The molecule has 3 heteroatoms. The molecule has 0 bridgehead atoms. The SMILES string of the molecule is CC(C)CCOCCN1CCC[C@H]1CO. The summed E-state index contributed by atoms with van der Waals surface area (Å²) in [5.41, 5.74) is 0. The number of nitrogens with zero attached hydrogens (tertiary/aromatic N) is 1. The van der Waals surface area contributed by atoms with Crippen LogP contribution in [-0.2, 0) is 4.74 Å². The largest absolute Gasteiger partial charge is 0.395 e. The van der Waals surface area contributed by atoms with E-state index < -0.39 is 0 Å². The number of hydrogen-bond donors (Lipinski definition) is 1. The van der Waals surface area contributed by atoms with E-state index in [-0.39, 0.29) is 0 Å². The molecule has 0 amide bonds. The van der Waals surface area contributed by atoms with Crippen molar-refractivity contribution in [1.82, 2.24) is 4.90 Å². The quantitative estimate of drug-likeness (QED) is 0.653. The van der Waals surface area contributed by atoms with Crippen molar-refractivity contribution in [1.29, 1.82) is 0 Å². The number of likely N-dealkylation sites (tertiary alicyclic amines) is 1. The monoisotopic (exact) mass is 215 g/mol. The summed E-state index contributed by atoms with van der Waals surface area (Å²) in [6.07, 6.45) is 3.50. The van der Waals surface area contributed by atoms with Gasteiger partial charge in [-0.2, -0.15) is 0 Å². The van der Waals surface area contributed by atoms with Crippen molar-refractivity contribution in [3.05, 3.63) is 0 Å². The van der Waals surface area contributed by atoms with Crippen molar-refractivity contribution in [3.8, 4) is 0 Å². The van der Waals surface area contributed by atoms with Gasteiger partial charge in [-0.15, -0.1) is 0 Å². The van der Waals surface area contributed by atoms with Crippen LogP contribution in [0.4, 0.5) is 0 Å². The van der Waals surface area contributed by atoms with Crippen LogP contribution < -0.4 is 0 Å². The third-order valence-electron chi connectivity index (χ3n) is 3.07. The zero-order valence-corrected chi connectivity index (χ0v) is 10.1. The Morgan fingerprint density at radius 1 is 1.40 bits per heavy atom. The molecule has 1 fully saturated rings. The van der Waals surface area contributed by atoms with Crippen LogP contribution in [-0.4, -0.2) is 49.0 Å². The van der Waals surface area contributed by atoms with Gasteiger partial charge < -0.3 is 9.84 Å². The molecule has 1 rings (SSSR count). The van der Waals surface area contributed by atoms with Crippen LogP contribution in [0, 0.1) is 5.92 Å². The Kier molecular flexibility index (Phi) is 6.22. The molecule has 1 atom stereocenters. The van der Waals surface area contributed by atoms with Gasteiger partial charge in [0.2, 0.25) is 0 Å². The highest BCUT2D eigenvalue weighted by molar-refractivity contribution is 4.77. The summed E-state index contributed by atoms with van der Waals surface area (Å²) in [7, 11) is 0. The van der Waals surface area contributed by atoms with E-state index in [0.29, 0.717) is 12.6 Å². The van der Waals surface area contributed by atoms with E-state index in [2.05, 4.69) is 18.7 Å². The van der Waals surface area contributed by atoms with E-state index in [0.717, 1.165) is 45.1 Å². The number of aliphatic hydroxyl groups is 1. The van der Waals surface area contributed by atoms with Crippen molar-refractivity contribution in [3.63, 3.8) is 0 Å². The predicted octanol–water partition coefficient (Wildman–Crippen LogP) is 1.51. The Morgan fingerprint density at radius 2 is 2.20 bits per heavy atom. The lowest BCUT2D eigenvalue weighted by Crippen LogP contribution is -2.34. The maximum atomic E-state index is 9.13. The summed E-state index contributed by atoms with van der Waals surface area (Å²) in [5, 5.41) is 9.13. The molecule has 0 spiro atoms. The van der Waals surface area contributed by atoms with Crippen LogP contribution >= 0.6 is 0 Å². The molecule has 0 aliphatic carbocycles. The van der Waals surface area contributed by atoms with Crippen LogP contribution in [0.1, 0.15) is 33.1 Å². The van der Waals surface area contributed by atoms with Crippen molar-refractivity contribution in [2.75, 3.05) is 32.9 Å². The average Bonchev–Trinajstić information content (AvgIpc) is 2.64. The average molecular weight is 215 g/mol. The summed E-state index contributed by atoms with van der Waals surface area (Å²) in [4.78, 5) is 2.34. The molecule has 1 N–H and O–H groups in total. The normalized spacial score (nSPS) is 22.8. The number of aliphatic hydroxyl groups excluding tert-OH is 1. The first-order valence-electron chi connectivity index (χ1n) is 6.16. The fourth-order valence-corrected chi connectivity index (χ4v) is 2.00. The van der Waals surface area contributed by atoms with Gasteiger partial charge in [-0.05, 0) is 31.7 Å². The summed E-state index contributed by atoms with van der Waals surface area (Å²) >= 11 is 0. The second kappa shape index (κ2) is 7.20. The Balaban J connectivity index is 1.99. The minimum Gasteiger partial charge on any atom is -0.395 e. The second-order valence-corrected chi connectivity index (χ2v) is 4.81. The van der Waals surface area contributed by atoms with Crippen LogP contribution in [0.2, 0.25) is 0 Å². The maximum absolute atomic E-state index is 9.13. The number of rotatable bonds is 7. The Morgan fingerprint density at radius 3 is 2.87 bits per heavy atom. The Bertz CT molecular complexity index is 162. The Hall–Kier alpha value is -0.120. The second-order valence-electron chi connectivity index (χ2n) is 4.81. The highest BCUT2D eigenvalue weighted by Gasteiger charge is 2.22. The van der Waals surface area contributed by atoms with E-state index in [1.807, 2.05) is 0 Å². The molecule has 90 valence electrons. The topological polar surface area (TPSA) is 32.7 Å². The first kappa shape index (κ1) is 12.9. The molecule has 3 nitrogen and oxygen atoms in total. The Labute approximate surface area is 93.4 Å². The van der Waals surface area contributed by atoms with E-state index >= 15 is 0 Å². The van der Waals surface area contributed by atoms with E-state index in [9.17, 15) is 0 Å². The van der Waals surface area contributed by atoms with Gasteiger partial charge in [0.05, 0.1) is 13.2 Å². The van der Waals surface area contributed by atoms with Crippen LogP contribution in [0.25, 0.3) is 0 Å². The smallest absolute Gasteiger partial charge is 0.0593 e. The fourth-order valence-electron chi connectivity index (χ4n) is 2.00.